The van der Waals surface area contributed by atoms with Gasteiger partial charge in [-0.25, -0.2) is 8.78 Å². The Bertz CT molecular complexity index is 890. The van der Waals surface area contributed by atoms with Gasteiger partial charge in [0.2, 0.25) is 5.91 Å². The van der Waals surface area contributed by atoms with Crippen molar-refractivity contribution in [2.75, 3.05) is 26.3 Å². The van der Waals surface area contributed by atoms with E-state index in [4.69, 9.17) is 9.47 Å². The quantitative estimate of drug-likeness (QED) is 0.500. The van der Waals surface area contributed by atoms with Crippen LogP contribution in [0.2, 0.25) is 0 Å². The highest BCUT2D eigenvalue weighted by Gasteiger charge is 2.12. The lowest BCUT2D eigenvalue weighted by atomic mass is 10.1. The van der Waals surface area contributed by atoms with Crippen LogP contribution in [-0.4, -0.2) is 38.1 Å². The highest BCUT2D eigenvalue weighted by molar-refractivity contribution is 5.94. The van der Waals surface area contributed by atoms with Gasteiger partial charge in [-0.05, 0) is 56.5 Å². The van der Waals surface area contributed by atoms with Gasteiger partial charge in [-0.15, -0.1) is 0 Å². The molecule has 2 rings (SSSR count). The lowest BCUT2D eigenvalue weighted by Gasteiger charge is -2.12. The molecule has 0 saturated carbocycles. The van der Waals surface area contributed by atoms with Crippen LogP contribution < -0.4 is 20.1 Å². The molecular formula is C23H28F2N2O4. The molecule has 0 aliphatic rings. The van der Waals surface area contributed by atoms with Crippen molar-refractivity contribution < 1.29 is 27.8 Å². The standard InChI is InChI=1S/C23H28F2N2O4/c1-3-30-20-10-7-16(14-21(20)31-4-2)11-13-26-22(28)6-5-12-27-23(29)18-9-8-17(24)15-19(18)25/h7-10,14-15H,3-6,11-13H2,1-2H3,(H,26,28)(H,27,29). The first-order chi connectivity index (χ1) is 14.9. The first-order valence-corrected chi connectivity index (χ1v) is 10.3. The molecule has 2 aromatic carbocycles. The summed E-state index contributed by atoms with van der Waals surface area (Å²) in [4.78, 5) is 23.9. The van der Waals surface area contributed by atoms with E-state index in [9.17, 15) is 18.4 Å². The van der Waals surface area contributed by atoms with Crippen molar-refractivity contribution in [3.63, 3.8) is 0 Å². The minimum atomic E-state index is -0.919. The van der Waals surface area contributed by atoms with Crippen molar-refractivity contribution in [2.45, 2.75) is 33.1 Å². The van der Waals surface area contributed by atoms with Crippen LogP contribution in [0.5, 0.6) is 11.5 Å². The van der Waals surface area contributed by atoms with E-state index in [2.05, 4.69) is 10.6 Å². The number of hydrogen-bond acceptors (Lipinski definition) is 4. The van der Waals surface area contributed by atoms with Crippen molar-refractivity contribution in [2.24, 2.45) is 0 Å². The average Bonchev–Trinajstić information content (AvgIpc) is 2.73. The summed E-state index contributed by atoms with van der Waals surface area (Å²) >= 11 is 0. The van der Waals surface area contributed by atoms with E-state index in [1.165, 1.54) is 0 Å². The van der Waals surface area contributed by atoms with Crippen LogP contribution in [0.3, 0.4) is 0 Å². The van der Waals surface area contributed by atoms with Crippen molar-refractivity contribution in [3.8, 4) is 11.5 Å². The summed E-state index contributed by atoms with van der Waals surface area (Å²) in [6.45, 7) is 5.57. The average molecular weight is 434 g/mol. The minimum Gasteiger partial charge on any atom is -0.490 e. The molecule has 0 aliphatic carbocycles. The number of amides is 2. The van der Waals surface area contributed by atoms with Gasteiger partial charge in [0.15, 0.2) is 11.5 Å². The minimum absolute atomic E-state index is 0.141. The van der Waals surface area contributed by atoms with Gasteiger partial charge < -0.3 is 20.1 Å². The number of benzene rings is 2. The molecule has 0 heterocycles. The van der Waals surface area contributed by atoms with Gasteiger partial charge in [-0.2, -0.15) is 0 Å². The fourth-order valence-electron chi connectivity index (χ4n) is 2.91. The molecule has 0 saturated heterocycles. The maximum Gasteiger partial charge on any atom is 0.254 e. The molecule has 31 heavy (non-hydrogen) atoms. The summed E-state index contributed by atoms with van der Waals surface area (Å²) in [5.41, 5.74) is 0.786. The Kier molecular flexibility index (Phi) is 9.74. The molecule has 0 fully saturated rings. The van der Waals surface area contributed by atoms with Crippen LogP contribution in [0.25, 0.3) is 0 Å². The lowest BCUT2D eigenvalue weighted by molar-refractivity contribution is -0.121. The van der Waals surface area contributed by atoms with Gasteiger partial charge in [0.25, 0.3) is 5.91 Å². The maximum atomic E-state index is 13.6. The van der Waals surface area contributed by atoms with E-state index in [0.717, 1.165) is 17.7 Å². The Morgan fingerprint density at radius 2 is 1.65 bits per heavy atom. The van der Waals surface area contributed by atoms with Crippen LogP contribution in [0.15, 0.2) is 36.4 Å². The molecule has 2 aromatic rings. The van der Waals surface area contributed by atoms with Gasteiger partial charge in [0.1, 0.15) is 11.6 Å². The first-order valence-electron chi connectivity index (χ1n) is 10.3. The van der Waals surface area contributed by atoms with E-state index in [1.54, 1.807) is 0 Å². The molecule has 0 bridgehead atoms. The van der Waals surface area contributed by atoms with Gasteiger partial charge >= 0.3 is 0 Å². The van der Waals surface area contributed by atoms with Crippen LogP contribution in [0, 0.1) is 11.6 Å². The largest absolute Gasteiger partial charge is 0.490 e. The number of halogens is 2. The fraction of sp³-hybridized carbons (Fsp3) is 0.391. The van der Waals surface area contributed by atoms with Crippen LogP contribution in [0.1, 0.15) is 42.6 Å². The fourth-order valence-corrected chi connectivity index (χ4v) is 2.91. The van der Waals surface area contributed by atoms with E-state index in [0.29, 0.717) is 50.2 Å². The van der Waals surface area contributed by atoms with Gasteiger partial charge in [-0.1, -0.05) is 6.07 Å². The van der Waals surface area contributed by atoms with Crippen LogP contribution in [0.4, 0.5) is 8.78 Å². The second-order valence-electron chi connectivity index (χ2n) is 6.73. The molecule has 0 radical (unpaired) electrons. The molecule has 0 spiro atoms. The third-order valence-corrected chi connectivity index (χ3v) is 4.39. The molecule has 2 N–H and O–H groups in total. The van der Waals surface area contributed by atoms with Crippen molar-refractivity contribution in [1.29, 1.82) is 0 Å². The van der Waals surface area contributed by atoms with Crippen molar-refractivity contribution in [3.05, 3.63) is 59.2 Å². The SMILES string of the molecule is CCOc1ccc(CCNC(=O)CCCNC(=O)c2ccc(F)cc2F)cc1OCC. The topological polar surface area (TPSA) is 76.7 Å². The van der Waals surface area contributed by atoms with E-state index >= 15 is 0 Å². The summed E-state index contributed by atoms with van der Waals surface area (Å²) in [5.74, 6) is -1.07. The third-order valence-electron chi connectivity index (χ3n) is 4.39. The Morgan fingerprint density at radius 1 is 0.903 bits per heavy atom. The maximum absolute atomic E-state index is 13.6. The summed E-state index contributed by atoms with van der Waals surface area (Å²) in [6, 6.07) is 8.47. The van der Waals surface area contributed by atoms with E-state index in [1.807, 2.05) is 32.0 Å². The molecule has 0 aliphatic heterocycles. The summed E-state index contributed by atoms with van der Waals surface area (Å²) in [6.07, 6.45) is 1.26. The molecule has 168 valence electrons. The third kappa shape index (κ3) is 7.88. The van der Waals surface area contributed by atoms with Crippen LogP contribution in [-0.2, 0) is 11.2 Å². The number of carbonyl (C=O) groups excluding carboxylic acids is 2. The number of ether oxygens (including phenoxy) is 2. The first kappa shape index (κ1) is 24.1. The van der Waals surface area contributed by atoms with Crippen molar-refractivity contribution >= 4 is 11.8 Å². The Hall–Kier alpha value is -3.16. The lowest BCUT2D eigenvalue weighted by Crippen LogP contribution is -2.29. The summed E-state index contributed by atoms with van der Waals surface area (Å²) in [7, 11) is 0. The molecule has 2 amide bonds. The van der Waals surface area contributed by atoms with E-state index < -0.39 is 17.5 Å². The highest BCUT2D eigenvalue weighted by atomic mass is 19.1. The number of carbonyl (C=O) groups is 2. The van der Waals surface area contributed by atoms with E-state index in [-0.39, 0.29) is 24.4 Å². The number of rotatable bonds is 12. The zero-order valence-electron chi connectivity index (χ0n) is 17.8. The monoisotopic (exact) mass is 434 g/mol. The normalized spacial score (nSPS) is 10.5. The highest BCUT2D eigenvalue weighted by Crippen LogP contribution is 2.28. The van der Waals surface area contributed by atoms with Gasteiger partial charge in [0, 0.05) is 25.6 Å². The summed E-state index contributed by atoms with van der Waals surface area (Å²) in [5, 5.41) is 5.36. The van der Waals surface area contributed by atoms with Crippen molar-refractivity contribution in [1.82, 2.24) is 10.6 Å². The molecule has 8 heteroatoms. The molecule has 0 aromatic heterocycles. The number of nitrogens with one attached hydrogen (secondary N) is 2. The second-order valence-corrected chi connectivity index (χ2v) is 6.73. The molecule has 6 nitrogen and oxygen atoms in total. The van der Waals surface area contributed by atoms with Crippen LogP contribution >= 0.6 is 0 Å². The second kappa shape index (κ2) is 12.5. The molecular weight excluding hydrogens is 406 g/mol. The zero-order chi connectivity index (χ0) is 22.6. The summed E-state index contributed by atoms with van der Waals surface area (Å²) < 4.78 is 37.6. The Labute approximate surface area is 180 Å². The van der Waals surface area contributed by atoms with Gasteiger partial charge in [0.05, 0.1) is 18.8 Å². The predicted octanol–water partition coefficient (Wildman–Crippen LogP) is 3.63. The Balaban J connectivity index is 1.69. The van der Waals surface area contributed by atoms with Gasteiger partial charge in [-0.3, -0.25) is 9.59 Å². The number of hydrogen-bond donors (Lipinski definition) is 2. The smallest absolute Gasteiger partial charge is 0.254 e. The molecule has 0 unspecified atom stereocenters. The zero-order valence-corrected chi connectivity index (χ0v) is 17.8. The Morgan fingerprint density at radius 3 is 2.35 bits per heavy atom. The molecule has 0 atom stereocenters. The predicted molar refractivity (Wildman–Crippen MR) is 113 cm³/mol.